The Hall–Kier alpha value is -1.06. The lowest BCUT2D eigenvalue weighted by atomic mass is 10.1. The van der Waals surface area contributed by atoms with Crippen LogP contribution in [0.5, 0.6) is 0 Å². The second-order valence-electron chi connectivity index (χ2n) is 3.13. The van der Waals surface area contributed by atoms with Crippen molar-refractivity contribution in [3.63, 3.8) is 0 Å². The van der Waals surface area contributed by atoms with Gasteiger partial charge < -0.3 is 9.84 Å². The molecule has 0 aliphatic heterocycles. The summed E-state index contributed by atoms with van der Waals surface area (Å²) in [6.07, 6.45) is -1.31. The van der Waals surface area contributed by atoms with E-state index < -0.39 is 12.1 Å². The Bertz CT molecular complexity index is 363. The molecule has 0 amide bonds. The summed E-state index contributed by atoms with van der Waals surface area (Å²) in [7, 11) is 0. The van der Waals surface area contributed by atoms with Crippen molar-refractivity contribution >= 4 is 17.6 Å². The molecule has 0 fully saturated rings. The lowest BCUT2D eigenvalue weighted by Gasteiger charge is -2.12. The fourth-order valence-corrected chi connectivity index (χ4v) is 1.46. The van der Waals surface area contributed by atoms with Gasteiger partial charge in [-0.05, 0) is 19.4 Å². The Balaban J connectivity index is 2.96. The highest BCUT2D eigenvalue weighted by Gasteiger charge is 2.21. The summed E-state index contributed by atoms with van der Waals surface area (Å²) in [5.41, 5.74) is 1.20. The molecule has 0 bridgehead atoms. The number of carbonyl (C=O) groups excluding carboxylic acids is 1. The van der Waals surface area contributed by atoms with Crippen molar-refractivity contribution in [2.45, 2.75) is 20.0 Å². The molecule has 15 heavy (non-hydrogen) atoms. The first-order chi connectivity index (χ1) is 7.07. The summed E-state index contributed by atoms with van der Waals surface area (Å²) < 4.78 is 4.71. The van der Waals surface area contributed by atoms with E-state index in [-0.39, 0.29) is 6.61 Å². The Morgan fingerprint density at radius 1 is 1.60 bits per heavy atom. The zero-order chi connectivity index (χ0) is 11.4. The molecule has 0 aromatic heterocycles. The highest BCUT2D eigenvalue weighted by molar-refractivity contribution is 6.32. The van der Waals surface area contributed by atoms with E-state index in [4.69, 9.17) is 16.3 Å². The van der Waals surface area contributed by atoms with Crippen LogP contribution in [0.1, 0.15) is 24.2 Å². The Kier molecular flexibility index (Phi) is 4.12. The number of ether oxygens (including phenoxy) is 1. The number of aryl methyl sites for hydroxylation is 1. The van der Waals surface area contributed by atoms with Crippen LogP contribution in [0.2, 0.25) is 5.02 Å². The standard InChI is InChI=1S/C11H13ClO3/c1-3-15-11(14)10(13)8-6-4-5-7(2)9(8)12/h4-6,10,13H,3H2,1-2H3. The Morgan fingerprint density at radius 2 is 2.27 bits per heavy atom. The Labute approximate surface area is 93.6 Å². The van der Waals surface area contributed by atoms with Gasteiger partial charge in [-0.15, -0.1) is 0 Å². The minimum absolute atomic E-state index is 0.235. The minimum Gasteiger partial charge on any atom is -0.464 e. The molecular weight excluding hydrogens is 216 g/mol. The fourth-order valence-electron chi connectivity index (χ4n) is 1.23. The quantitative estimate of drug-likeness (QED) is 0.808. The largest absolute Gasteiger partial charge is 0.464 e. The van der Waals surface area contributed by atoms with Crippen LogP contribution in [-0.2, 0) is 9.53 Å². The van der Waals surface area contributed by atoms with Crippen molar-refractivity contribution in [3.8, 4) is 0 Å². The molecule has 1 aromatic rings. The lowest BCUT2D eigenvalue weighted by Crippen LogP contribution is -2.15. The van der Waals surface area contributed by atoms with Crippen molar-refractivity contribution < 1.29 is 14.6 Å². The summed E-state index contributed by atoms with van der Waals surface area (Å²) >= 11 is 5.96. The molecule has 4 heteroatoms. The molecule has 1 N–H and O–H groups in total. The predicted molar refractivity (Wildman–Crippen MR) is 57.8 cm³/mol. The molecule has 0 saturated heterocycles. The molecular formula is C11H13ClO3. The van der Waals surface area contributed by atoms with Crippen LogP contribution in [0.3, 0.4) is 0 Å². The molecule has 82 valence electrons. The number of benzene rings is 1. The predicted octanol–water partition coefficient (Wildman–Crippen LogP) is 2.24. The SMILES string of the molecule is CCOC(=O)C(O)c1cccc(C)c1Cl. The second-order valence-corrected chi connectivity index (χ2v) is 3.51. The molecule has 0 heterocycles. The van der Waals surface area contributed by atoms with Gasteiger partial charge in [-0.25, -0.2) is 4.79 Å². The molecule has 0 aliphatic carbocycles. The fraction of sp³-hybridized carbons (Fsp3) is 0.364. The van der Waals surface area contributed by atoms with Gasteiger partial charge in [0.1, 0.15) is 0 Å². The van der Waals surface area contributed by atoms with E-state index in [1.54, 1.807) is 19.1 Å². The third-order valence-corrected chi connectivity index (χ3v) is 2.54. The van der Waals surface area contributed by atoms with Crippen LogP contribution < -0.4 is 0 Å². The molecule has 0 aliphatic rings. The summed E-state index contributed by atoms with van der Waals surface area (Å²) in [6.45, 7) is 3.73. The van der Waals surface area contributed by atoms with Crippen LogP contribution in [0.15, 0.2) is 18.2 Å². The topological polar surface area (TPSA) is 46.5 Å². The summed E-state index contributed by atoms with van der Waals surface area (Å²) in [5.74, 6) is -0.676. The Morgan fingerprint density at radius 3 is 2.87 bits per heavy atom. The number of halogens is 1. The molecule has 3 nitrogen and oxygen atoms in total. The van der Waals surface area contributed by atoms with E-state index in [2.05, 4.69) is 0 Å². The van der Waals surface area contributed by atoms with Gasteiger partial charge in [-0.2, -0.15) is 0 Å². The maximum absolute atomic E-state index is 11.3. The summed E-state index contributed by atoms with van der Waals surface area (Å²) in [4.78, 5) is 11.3. The number of rotatable bonds is 3. The van der Waals surface area contributed by atoms with Gasteiger partial charge in [0.2, 0.25) is 0 Å². The molecule has 0 radical (unpaired) electrons. The molecule has 1 aromatic carbocycles. The van der Waals surface area contributed by atoms with E-state index in [1.165, 1.54) is 0 Å². The first-order valence-corrected chi connectivity index (χ1v) is 5.05. The molecule has 0 spiro atoms. The van der Waals surface area contributed by atoms with Gasteiger partial charge in [0.15, 0.2) is 6.10 Å². The van der Waals surface area contributed by atoms with E-state index in [9.17, 15) is 9.90 Å². The molecule has 1 rings (SSSR count). The number of aliphatic hydroxyl groups excluding tert-OH is 1. The van der Waals surface area contributed by atoms with Crippen molar-refractivity contribution in [3.05, 3.63) is 34.3 Å². The second kappa shape index (κ2) is 5.14. The van der Waals surface area contributed by atoms with Crippen molar-refractivity contribution in [1.82, 2.24) is 0 Å². The first kappa shape index (κ1) is 12.0. The number of aliphatic hydroxyl groups is 1. The van der Waals surface area contributed by atoms with Gasteiger partial charge in [0, 0.05) is 10.6 Å². The van der Waals surface area contributed by atoms with E-state index >= 15 is 0 Å². The molecule has 0 saturated carbocycles. The lowest BCUT2D eigenvalue weighted by molar-refractivity contribution is -0.153. The van der Waals surface area contributed by atoms with Crippen molar-refractivity contribution in [2.24, 2.45) is 0 Å². The normalized spacial score (nSPS) is 12.3. The van der Waals surface area contributed by atoms with Gasteiger partial charge in [-0.3, -0.25) is 0 Å². The third-order valence-electron chi connectivity index (χ3n) is 2.03. The maximum Gasteiger partial charge on any atom is 0.339 e. The third kappa shape index (κ3) is 2.70. The molecule has 1 unspecified atom stereocenters. The van der Waals surface area contributed by atoms with Crippen molar-refractivity contribution in [2.75, 3.05) is 6.61 Å². The number of carbonyl (C=O) groups is 1. The summed E-state index contributed by atoms with van der Waals surface area (Å²) in [5, 5.41) is 10.1. The van der Waals surface area contributed by atoms with Gasteiger partial charge in [0.25, 0.3) is 0 Å². The highest BCUT2D eigenvalue weighted by atomic mass is 35.5. The van der Waals surface area contributed by atoms with Crippen LogP contribution >= 0.6 is 11.6 Å². The van der Waals surface area contributed by atoms with Gasteiger partial charge in [0.05, 0.1) is 6.61 Å². The van der Waals surface area contributed by atoms with Crippen LogP contribution in [0, 0.1) is 6.92 Å². The highest BCUT2D eigenvalue weighted by Crippen LogP contribution is 2.26. The van der Waals surface area contributed by atoms with Gasteiger partial charge >= 0.3 is 5.97 Å². The van der Waals surface area contributed by atoms with E-state index in [0.29, 0.717) is 10.6 Å². The number of esters is 1. The zero-order valence-electron chi connectivity index (χ0n) is 8.66. The number of hydrogen-bond acceptors (Lipinski definition) is 3. The van der Waals surface area contributed by atoms with E-state index in [0.717, 1.165) is 5.56 Å². The van der Waals surface area contributed by atoms with Crippen LogP contribution in [0.25, 0.3) is 0 Å². The van der Waals surface area contributed by atoms with Gasteiger partial charge in [-0.1, -0.05) is 29.8 Å². The zero-order valence-corrected chi connectivity index (χ0v) is 9.41. The first-order valence-electron chi connectivity index (χ1n) is 4.67. The monoisotopic (exact) mass is 228 g/mol. The smallest absolute Gasteiger partial charge is 0.339 e. The maximum atomic E-state index is 11.3. The van der Waals surface area contributed by atoms with Crippen LogP contribution in [-0.4, -0.2) is 17.7 Å². The number of hydrogen-bond donors (Lipinski definition) is 1. The van der Waals surface area contributed by atoms with E-state index in [1.807, 2.05) is 13.0 Å². The minimum atomic E-state index is -1.31. The van der Waals surface area contributed by atoms with Crippen molar-refractivity contribution in [1.29, 1.82) is 0 Å². The van der Waals surface area contributed by atoms with Crippen LogP contribution in [0.4, 0.5) is 0 Å². The summed E-state index contributed by atoms with van der Waals surface area (Å²) in [6, 6.07) is 5.15. The average Bonchev–Trinajstić information content (AvgIpc) is 2.21. The average molecular weight is 229 g/mol. The molecule has 1 atom stereocenters.